The SMILES string of the molecule is CNCc1cn[nH]c1-c1ccc(S(C)(=O)=O)cc1. The normalized spacial score (nSPS) is 11.7. The van der Waals surface area contributed by atoms with Crippen LogP contribution in [0.15, 0.2) is 35.4 Å². The molecule has 1 heterocycles. The summed E-state index contributed by atoms with van der Waals surface area (Å²) in [6.45, 7) is 0.708. The Kier molecular flexibility index (Phi) is 3.49. The predicted octanol–water partition coefficient (Wildman–Crippen LogP) is 1.20. The lowest BCUT2D eigenvalue weighted by molar-refractivity contribution is 0.602. The van der Waals surface area contributed by atoms with Gasteiger partial charge in [0.25, 0.3) is 0 Å². The molecule has 1 aromatic carbocycles. The summed E-state index contributed by atoms with van der Waals surface area (Å²) in [7, 11) is -1.28. The molecule has 2 N–H and O–H groups in total. The van der Waals surface area contributed by atoms with E-state index in [0.29, 0.717) is 11.4 Å². The second kappa shape index (κ2) is 4.91. The van der Waals surface area contributed by atoms with Gasteiger partial charge in [0.15, 0.2) is 9.84 Å². The van der Waals surface area contributed by atoms with Crippen LogP contribution in [-0.4, -0.2) is 31.9 Å². The third kappa shape index (κ3) is 2.60. The van der Waals surface area contributed by atoms with Crippen LogP contribution in [0.25, 0.3) is 11.3 Å². The molecule has 0 aliphatic heterocycles. The van der Waals surface area contributed by atoms with Crippen LogP contribution in [-0.2, 0) is 16.4 Å². The molecular formula is C12H15N3O2S. The quantitative estimate of drug-likeness (QED) is 0.871. The number of H-pyrrole nitrogens is 1. The first-order valence-corrected chi connectivity index (χ1v) is 7.39. The molecule has 18 heavy (non-hydrogen) atoms. The Morgan fingerprint density at radius 3 is 2.50 bits per heavy atom. The van der Waals surface area contributed by atoms with E-state index in [1.165, 1.54) is 6.26 Å². The van der Waals surface area contributed by atoms with E-state index in [9.17, 15) is 8.42 Å². The maximum Gasteiger partial charge on any atom is 0.175 e. The van der Waals surface area contributed by atoms with Crippen molar-refractivity contribution in [3.8, 4) is 11.3 Å². The first-order chi connectivity index (χ1) is 8.52. The molecule has 0 unspecified atom stereocenters. The van der Waals surface area contributed by atoms with Crippen molar-refractivity contribution in [1.29, 1.82) is 0 Å². The molecule has 0 amide bonds. The van der Waals surface area contributed by atoms with Crippen LogP contribution in [0.3, 0.4) is 0 Å². The number of hydrogen-bond donors (Lipinski definition) is 2. The van der Waals surface area contributed by atoms with E-state index in [-0.39, 0.29) is 0 Å². The molecule has 0 aliphatic carbocycles. The fourth-order valence-corrected chi connectivity index (χ4v) is 2.38. The van der Waals surface area contributed by atoms with E-state index < -0.39 is 9.84 Å². The van der Waals surface area contributed by atoms with Gasteiger partial charge in [-0.3, -0.25) is 5.10 Å². The van der Waals surface area contributed by atoms with Gasteiger partial charge in [-0.25, -0.2) is 8.42 Å². The number of aromatic amines is 1. The fraction of sp³-hybridized carbons (Fsp3) is 0.250. The minimum atomic E-state index is -3.15. The average molecular weight is 265 g/mol. The van der Waals surface area contributed by atoms with Crippen LogP contribution in [0, 0.1) is 0 Å². The maximum atomic E-state index is 11.4. The molecule has 0 saturated carbocycles. The minimum Gasteiger partial charge on any atom is -0.316 e. The van der Waals surface area contributed by atoms with Gasteiger partial charge in [-0.2, -0.15) is 5.10 Å². The Labute approximate surface area is 106 Å². The van der Waals surface area contributed by atoms with Crippen LogP contribution < -0.4 is 5.32 Å². The summed E-state index contributed by atoms with van der Waals surface area (Å²) in [5, 5.41) is 9.99. The van der Waals surface area contributed by atoms with Gasteiger partial charge in [-0.15, -0.1) is 0 Å². The number of nitrogens with zero attached hydrogens (tertiary/aromatic N) is 1. The summed E-state index contributed by atoms with van der Waals surface area (Å²) < 4.78 is 22.7. The van der Waals surface area contributed by atoms with Gasteiger partial charge in [-0.05, 0) is 24.7 Å². The lowest BCUT2D eigenvalue weighted by atomic mass is 10.1. The Morgan fingerprint density at radius 2 is 1.94 bits per heavy atom. The molecule has 0 bridgehead atoms. The zero-order valence-electron chi connectivity index (χ0n) is 10.3. The van der Waals surface area contributed by atoms with Crippen molar-refractivity contribution in [3.05, 3.63) is 36.0 Å². The molecule has 0 atom stereocenters. The highest BCUT2D eigenvalue weighted by Gasteiger charge is 2.10. The monoisotopic (exact) mass is 265 g/mol. The Hall–Kier alpha value is -1.66. The van der Waals surface area contributed by atoms with E-state index in [1.54, 1.807) is 30.5 Å². The molecule has 0 fully saturated rings. The molecule has 5 nitrogen and oxygen atoms in total. The largest absolute Gasteiger partial charge is 0.316 e. The van der Waals surface area contributed by atoms with Gasteiger partial charge in [0, 0.05) is 18.4 Å². The Bertz CT molecular complexity index is 630. The molecule has 6 heteroatoms. The highest BCUT2D eigenvalue weighted by molar-refractivity contribution is 7.90. The number of hydrogen-bond acceptors (Lipinski definition) is 4. The molecule has 0 radical (unpaired) electrons. The molecule has 1 aromatic heterocycles. The van der Waals surface area contributed by atoms with Crippen LogP contribution in [0.1, 0.15) is 5.56 Å². The Balaban J connectivity index is 2.37. The van der Waals surface area contributed by atoms with Crippen LogP contribution in [0.4, 0.5) is 0 Å². The summed E-state index contributed by atoms with van der Waals surface area (Å²) in [5.41, 5.74) is 2.87. The lowest BCUT2D eigenvalue weighted by Gasteiger charge is -2.04. The second-order valence-electron chi connectivity index (χ2n) is 4.10. The predicted molar refractivity (Wildman–Crippen MR) is 69.9 cm³/mol. The number of sulfone groups is 1. The van der Waals surface area contributed by atoms with Crippen molar-refractivity contribution >= 4 is 9.84 Å². The first-order valence-electron chi connectivity index (χ1n) is 5.49. The highest BCUT2D eigenvalue weighted by Crippen LogP contribution is 2.22. The number of benzene rings is 1. The summed E-state index contributed by atoms with van der Waals surface area (Å²) in [5.74, 6) is 0. The van der Waals surface area contributed by atoms with Gasteiger partial charge in [0.05, 0.1) is 16.8 Å². The van der Waals surface area contributed by atoms with Crippen molar-refractivity contribution in [2.45, 2.75) is 11.4 Å². The standard InChI is InChI=1S/C12H15N3O2S/c1-13-7-10-8-14-15-12(10)9-3-5-11(6-4-9)18(2,16)17/h3-6,8,13H,7H2,1-2H3,(H,14,15). The third-order valence-corrected chi connectivity index (χ3v) is 3.78. The summed E-state index contributed by atoms with van der Waals surface area (Å²) in [6.07, 6.45) is 2.96. The van der Waals surface area contributed by atoms with E-state index in [0.717, 1.165) is 16.8 Å². The summed E-state index contributed by atoms with van der Waals surface area (Å²) in [4.78, 5) is 0.320. The van der Waals surface area contributed by atoms with Gasteiger partial charge in [0.2, 0.25) is 0 Å². The van der Waals surface area contributed by atoms with Gasteiger partial charge in [-0.1, -0.05) is 12.1 Å². The number of nitrogens with one attached hydrogen (secondary N) is 2. The fourth-order valence-electron chi connectivity index (χ4n) is 1.75. The topological polar surface area (TPSA) is 74.8 Å². The van der Waals surface area contributed by atoms with Crippen molar-refractivity contribution in [3.63, 3.8) is 0 Å². The van der Waals surface area contributed by atoms with E-state index >= 15 is 0 Å². The molecule has 96 valence electrons. The van der Waals surface area contributed by atoms with Crippen LogP contribution >= 0.6 is 0 Å². The Morgan fingerprint density at radius 1 is 1.28 bits per heavy atom. The molecular weight excluding hydrogens is 250 g/mol. The van der Waals surface area contributed by atoms with Gasteiger partial charge < -0.3 is 5.32 Å². The zero-order valence-corrected chi connectivity index (χ0v) is 11.1. The van der Waals surface area contributed by atoms with Crippen LogP contribution in [0.2, 0.25) is 0 Å². The summed E-state index contributed by atoms with van der Waals surface area (Å²) in [6, 6.07) is 6.77. The number of rotatable bonds is 4. The van der Waals surface area contributed by atoms with Crippen molar-refractivity contribution < 1.29 is 8.42 Å². The molecule has 0 aliphatic rings. The van der Waals surface area contributed by atoms with Crippen molar-refractivity contribution in [2.24, 2.45) is 0 Å². The molecule has 0 spiro atoms. The minimum absolute atomic E-state index is 0.320. The van der Waals surface area contributed by atoms with Crippen LogP contribution in [0.5, 0.6) is 0 Å². The average Bonchev–Trinajstić information content (AvgIpc) is 2.77. The first kappa shape index (κ1) is 12.8. The molecule has 2 rings (SSSR count). The molecule has 0 saturated heterocycles. The maximum absolute atomic E-state index is 11.4. The third-order valence-electron chi connectivity index (χ3n) is 2.66. The van der Waals surface area contributed by atoms with E-state index in [4.69, 9.17) is 0 Å². The zero-order chi connectivity index (χ0) is 13.2. The highest BCUT2D eigenvalue weighted by atomic mass is 32.2. The van der Waals surface area contributed by atoms with Crippen molar-refractivity contribution in [2.75, 3.05) is 13.3 Å². The van der Waals surface area contributed by atoms with Crippen molar-refractivity contribution in [1.82, 2.24) is 15.5 Å². The second-order valence-corrected chi connectivity index (χ2v) is 6.11. The van der Waals surface area contributed by atoms with E-state index in [2.05, 4.69) is 15.5 Å². The van der Waals surface area contributed by atoms with E-state index in [1.807, 2.05) is 7.05 Å². The smallest absolute Gasteiger partial charge is 0.175 e. The van der Waals surface area contributed by atoms with Gasteiger partial charge >= 0.3 is 0 Å². The molecule has 2 aromatic rings. The summed E-state index contributed by atoms with van der Waals surface area (Å²) >= 11 is 0. The number of aromatic nitrogens is 2. The lowest BCUT2D eigenvalue weighted by Crippen LogP contribution is -2.05. The van der Waals surface area contributed by atoms with Gasteiger partial charge in [0.1, 0.15) is 0 Å².